The number of esters is 1. The minimum absolute atomic E-state index is 0.0226. The Labute approximate surface area is 131 Å². The summed E-state index contributed by atoms with van der Waals surface area (Å²) in [5.74, 6) is -0.260. The molecule has 1 aliphatic heterocycles. The van der Waals surface area contributed by atoms with Crippen LogP contribution < -0.4 is 0 Å². The summed E-state index contributed by atoms with van der Waals surface area (Å²) in [5.41, 5.74) is 0. The summed E-state index contributed by atoms with van der Waals surface area (Å²) in [6, 6.07) is 0. The van der Waals surface area contributed by atoms with Crippen molar-refractivity contribution < 1.29 is 19.3 Å². The van der Waals surface area contributed by atoms with E-state index >= 15 is 0 Å². The average molecular weight is 402 g/mol. The lowest BCUT2D eigenvalue weighted by molar-refractivity contribution is -0.369. The van der Waals surface area contributed by atoms with Gasteiger partial charge in [0.2, 0.25) is 0 Å². The standard InChI is InChI=1S/C13H22Br2O4/c1-3-5-6-7-9-12(14)13(15)10(19-18-9)8-11(16)17-4-2/h9-10,12-13H,3-8H2,1-2H3/t9-,10+,12+,13+/m0/s1. The third kappa shape index (κ3) is 5.69. The number of hydrogen-bond donors (Lipinski definition) is 0. The quantitative estimate of drug-likeness (QED) is 0.282. The molecule has 4 nitrogen and oxygen atoms in total. The van der Waals surface area contributed by atoms with Gasteiger partial charge in [0.25, 0.3) is 0 Å². The number of carbonyl (C=O) groups excluding carboxylic acids is 1. The number of carbonyl (C=O) groups is 1. The summed E-state index contributed by atoms with van der Waals surface area (Å²) in [6.07, 6.45) is 4.36. The maximum absolute atomic E-state index is 11.5. The van der Waals surface area contributed by atoms with Crippen molar-refractivity contribution in [1.82, 2.24) is 0 Å². The molecule has 6 heteroatoms. The summed E-state index contributed by atoms with van der Waals surface area (Å²) < 4.78 is 4.92. The van der Waals surface area contributed by atoms with Crippen LogP contribution in [0.15, 0.2) is 0 Å². The van der Waals surface area contributed by atoms with E-state index in [9.17, 15) is 4.79 Å². The molecule has 1 saturated heterocycles. The number of unbranched alkanes of at least 4 members (excludes halogenated alkanes) is 2. The van der Waals surface area contributed by atoms with Gasteiger partial charge in [0, 0.05) is 0 Å². The molecule has 112 valence electrons. The van der Waals surface area contributed by atoms with E-state index in [2.05, 4.69) is 38.8 Å². The Morgan fingerprint density at radius 2 is 1.74 bits per heavy atom. The molecule has 1 rings (SSSR count). The Balaban J connectivity index is 2.40. The van der Waals surface area contributed by atoms with Crippen LogP contribution in [0.5, 0.6) is 0 Å². The third-order valence-electron chi connectivity index (χ3n) is 3.08. The van der Waals surface area contributed by atoms with E-state index in [4.69, 9.17) is 14.5 Å². The van der Waals surface area contributed by atoms with E-state index < -0.39 is 0 Å². The van der Waals surface area contributed by atoms with Gasteiger partial charge in [-0.05, 0) is 13.3 Å². The molecule has 1 fully saturated rings. The maximum Gasteiger partial charge on any atom is 0.308 e. The second-order valence-corrected chi connectivity index (χ2v) is 6.78. The van der Waals surface area contributed by atoms with Crippen molar-refractivity contribution in [2.24, 2.45) is 0 Å². The largest absolute Gasteiger partial charge is 0.466 e. The first kappa shape index (κ1) is 17.4. The zero-order chi connectivity index (χ0) is 14.3. The fraction of sp³-hybridized carbons (Fsp3) is 0.923. The molecule has 0 radical (unpaired) electrons. The highest BCUT2D eigenvalue weighted by atomic mass is 79.9. The molecule has 4 atom stereocenters. The topological polar surface area (TPSA) is 44.8 Å². The summed E-state index contributed by atoms with van der Waals surface area (Å²) in [7, 11) is 0. The predicted octanol–water partition coefficient (Wildman–Crippen LogP) is 3.75. The molecule has 0 aromatic heterocycles. The van der Waals surface area contributed by atoms with Crippen molar-refractivity contribution in [2.75, 3.05) is 6.61 Å². The van der Waals surface area contributed by atoms with Gasteiger partial charge in [0.05, 0.1) is 22.7 Å². The Morgan fingerprint density at radius 1 is 1.11 bits per heavy atom. The van der Waals surface area contributed by atoms with Gasteiger partial charge in [0.1, 0.15) is 12.2 Å². The van der Waals surface area contributed by atoms with Crippen LogP contribution in [-0.4, -0.2) is 34.4 Å². The molecule has 0 spiro atoms. The molecule has 0 N–H and O–H groups in total. The van der Waals surface area contributed by atoms with Crippen molar-refractivity contribution in [1.29, 1.82) is 0 Å². The molecule has 0 aromatic carbocycles. The Hall–Kier alpha value is 0.350. The zero-order valence-electron chi connectivity index (χ0n) is 11.4. The molecule has 1 aliphatic rings. The van der Waals surface area contributed by atoms with Crippen LogP contribution in [0.4, 0.5) is 0 Å². The van der Waals surface area contributed by atoms with E-state index in [1.807, 2.05) is 0 Å². The van der Waals surface area contributed by atoms with Crippen molar-refractivity contribution >= 4 is 37.8 Å². The highest BCUT2D eigenvalue weighted by Crippen LogP contribution is 2.33. The average Bonchev–Trinajstić information content (AvgIpc) is 2.38. The number of rotatable bonds is 7. The summed E-state index contributed by atoms with van der Waals surface area (Å²) in [4.78, 5) is 22.4. The van der Waals surface area contributed by atoms with Crippen LogP contribution in [0.1, 0.15) is 46.0 Å². The summed E-state index contributed by atoms with van der Waals surface area (Å²) in [5, 5.41) is 0. The van der Waals surface area contributed by atoms with Crippen molar-refractivity contribution in [3.05, 3.63) is 0 Å². The second-order valence-electron chi connectivity index (χ2n) is 4.66. The smallest absolute Gasteiger partial charge is 0.308 e. The zero-order valence-corrected chi connectivity index (χ0v) is 14.6. The Bertz CT molecular complexity index is 275. The van der Waals surface area contributed by atoms with Crippen LogP contribution in [0.2, 0.25) is 0 Å². The lowest BCUT2D eigenvalue weighted by Gasteiger charge is -2.36. The first-order valence-corrected chi connectivity index (χ1v) is 8.69. The lowest BCUT2D eigenvalue weighted by Crippen LogP contribution is -2.46. The fourth-order valence-electron chi connectivity index (χ4n) is 1.99. The van der Waals surface area contributed by atoms with Gasteiger partial charge in [0.15, 0.2) is 0 Å². The Morgan fingerprint density at radius 3 is 2.37 bits per heavy atom. The minimum atomic E-state index is -0.314. The molecule has 0 unspecified atom stereocenters. The minimum Gasteiger partial charge on any atom is -0.466 e. The van der Waals surface area contributed by atoms with E-state index in [1.54, 1.807) is 6.92 Å². The van der Waals surface area contributed by atoms with Crippen LogP contribution in [0, 0.1) is 0 Å². The summed E-state index contributed by atoms with van der Waals surface area (Å²) >= 11 is 7.23. The molecule has 0 saturated carbocycles. The van der Waals surface area contributed by atoms with Gasteiger partial charge >= 0.3 is 5.97 Å². The summed E-state index contributed by atoms with van der Waals surface area (Å²) in [6.45, 7) is 4.35. The van der Waals surface area contributed by atoms with Crippen LogP contribution in [0.25, 0.3) is 0 Å². The number of ether oxygens (including phenoxy) is 1. The van der Waals surface area contributed by atoms with Gasteiger partial charge in [-0.1, -0.05) is 58.0 Å². The molecule has 19 heavy (non-hydrogen) atoms. The van der Waals surface area contributed by atoms with Gasteiger partial charge < -0.3 is 4.74 Å². The Kier molecular flexibility index (Phi) is 8.53. The van der Waals surface area contributed by atoms with E-state index in [1.165, 1.54) is 12.8 Å². The first-order chi connectivity index (χ1) is 9.10. The first-order valence-electron chi connectivity index (χ1n) is 6.86. The van der Waals surface area contributed by atoms with Crippen molar-refractivity contribution in [3.63, 3.8) is 0 Å². The van der Waals surface area contributed by atoms with E-state index in [0.29, 0.717) is 6.61 Å². The van der Waals surface area contributed by atoms with Gasteiger partial charge in [-0.2, -0.15) is 0 Å². The normalized spacial score (nSPS) is 31.2. The number of hydrogen-bond acceptors (Lipinski definition) is 4. The van der Waals surface area contributed by atoms with Crippen LogP contribution >= 0.6 is 31.9 Å². The van der Waals surface area contributed by atoms with Gasteiger partial charge in [-0.25, -0.2) is 9.78 Å². The van der Waals surface area contributed by atoms with E-state index in [-0.39, 0.29) is 34.3 Å². The number of halogens is 2. The van der Waals surface area contributed by atoms with Crippen molar-refractivity contribution in [2.45, 2.75) is 67.8 Å². The van der Waals surface area contributed by atoms with Gasteiger partial charge in [-0.15, -0.1) is 0 Å². The molecular formula is C13H22Br2O4. The highest BCUT2D eigenvalue weighted by Gasteiger charge is 2.40. The fourth-order valence-corrected chi connectivity index (χ4v) is 3.30. The van der Waals surface area contributed by atoms with Crippen LogP contribution in [0.3, 0.4) is 0 Å². The maximum atomic E-state index is 11.5. The second kappa shape index (κ2) is 9.32. The third-order valence-corrected chi connectivity index (χ3v) is 6.11. The predicted molar refractivity (Wildman–Crippen MR) is 80.6 cm³/mol. The van der Waals surface area contributed by atoms with E-state index in [0.717, 1.165) is 12.8 Å². The van der Waals surface area contributed by atoms with Crippen molar-refractivity contribution in [3.8, 4) is 0 Å². The monoisotopic (exact) mass is 400 g/mol. The lowest BCUT2D eigenvalue weighted by atomic mass is 10.0. The molecule has 0 aliphatic carbocycles. The highest BCUT2D eigenvalue weighted by molar-refractivity contribution is 9.12. The molecule has 0 amide bonds. The van der Waals surface area contributed by atoms with Crippen LogP contribution in [-0.2, 0) is 19.3 Å². The molecule has 0 bridgehead atoms. The molecule has 0 aromatic rings. The number of alkyl halides is 2. The van der Waals surface area contributed by atoms with Gasteiger partial charge in [-0.3, -0.25) is 4.79 Å². The molecular weight excluding hydrogens is 380 g/mol. The SMILES string of the molecule is CCCCC[C@@H]1OO[C@H](CC(=O)OCC)[C@@H](Br)[C@@H]1Br. The molecule has 1 heterocycles.